The number of pyridine rings is 1. The normalized spacial score (nSPS) is 17.7. The van der Waals surface area contributed by atoms with E-state index in [1.807, 2.05) is 32.0 Å². The lowest BCUT2D eigenvalue weighted by atomic mass is 9.92. The SMILES string of the molecule is COC(=O)[C@@H]1C[C@H](NC(=O)c2ccc(-c3ccccn3)cc2)C(=O)N1C(C)(C)Cc1ccc(F)cc1. The van der Waals surface area contributed by atoms with E-state index in [0.29, 0.717) is 12.0 Å². The lowest BCUT2D eigenvalue weighted by molar-refractivity contribution is -0.153. The zero-order valence-electron chi connectivity index (χ0n) is 20.4. The van der Waals surface area contributed by atoms with Crippen molar-refractivity contribution in [2.24, 2.45) is 0 Å². The van der Waals surface area contributed by atoms with Crippen LogP contribution >= 0.6 is 0 Å². The molecule has 0 bridgehead atoms. The summed E-state index contributed by atoms with van der Waals surface area (Å²) in [6.07, 6.45) is 2.18. The van der Waals surface area contributed by atoms with Gasteiger partial charge in [0, 0.05) is 29.3 Å². The highest BCUT2D eigenvalue weighted by Crippen LogP contribution is 2.32. The molecule has 7 nitrogen and oxygen atoms in total. The van der Waals surface area contributed by atoms with Crippen molar-refractivity contribution in [3.05, 3.63) is 89.9 Å². The minimum absolute atomic E-state index is 0.0934. The second-order valence-electron chi connectivity index (χ2n) is 9.42. The molecule has 1 aromatic heterocycles. The van der Waals surface area contributed by atoms with Gasteiger partial charge in [0.1, 0.15) is 17.9 Å². The molecule has 1 aliphatic rings. The van der Waals surface area contributed by atoms with Crippen LogP contribution in [0.4, 0.5) is 4.39 Å². The van der Waals surface area contributed by atoms with Gasteiger partial charge in [0.15, 0.2) is 0 Å². The van der Waals surface area contributed by atoms with Crippen LogP contribution in [0.1, 0.15) is 36.2 Å². The number of halogens is 1. The van der Waals surface area contributed by atoms with Gasteiger partial charge >= 0.3 is 5.97 Å². The first-order chi connectivity index (χ1) is 17.2. The van der Waals surface area contributed by atoms with E-state index >= 15 is 0 Å². The fraction of sp³-hybridized carbons (Fsp3) is 0.286. The summed E-state index contributed by atoms with van der Waals surface area (Å²) >= 11 is 0. The molecule has 186 valence electrons. The van der Waals surface area contributed by atoms with Crippen molar-refractivity contribution in [2.75, 3.05) is 7.11 Å². The van der Waals surface area contributed by atoms with Crippen molar-refractivity contribution in [1.29, 1.82) is 0 Å². The molecule has 1 aliphatic heterocycles. The Bertz CT molecular complexity index is 1240. The second kappa shape index (κ2) is 10.3. The smallest absolute Gasteiger partial charge is 0.328 e. The summed E-state index contributed by atoms with van der Waals surface area (Å²) in [6.45, 7) is 3.68. The summed E-state index contributed by atoms with van der Waals surface area (Å²) in [5.74, 6) is -1.68. The van der Waals surface area contributed by atoms with E-state index in [9.17, 15) is 18.8 Å². The Balaban J connectivity index is 1.51. The summed E-state index contributed by atoms with van der Waals surface area (Å²) in [6, 6.07) is 16.8. The van der Waals surface area contributed by atoms with Crippen LogP contribution in [0.2, 0.25) is 0 Å². The molecule has 36 heavy (non-hydrogen) atoms. The monoisotopic (exact) mass is 489 g/mol. The lowest BCUT2D eigenvalue weighted by Gasteiger charge is -2.39. The average Bonchev–Trinajstić information content (AvgIpc) is 3.22. The number of carbonyl (C=O) groups is 3. The summed E-state index contributed by atoms with van der Waals surface area (Å²) in [7, 11) is 1.27. The van der Waals surface area contributed by atoms with Gasteiger partial charge in [-0.2, -0.15) is 0 Å². The largest absolute Gasteiger partial charge is 0.467 e. The first-order valence-electron chi connectivity index (χ1n) is 11.7. The number of likely N-dealkylation sites (tertiary alicyclic amines) is 1. The quantitative estimate of drug-likeness (QED) is 0.511. The molecular formula is C28H28FN3O4. The molecule has 2 amide bonds. The van der Waals surface area contributed by atoms with Gasteiger partial charge in [-0.1, -0.05) is 30.3 Å². The van der Waals surface area contributed by atoms with E-state index in [-0.39, 0.29) is 18.1 Å². The van der Waals surface area contributed by atoms with Crippen LogP contribution in [0.25, 0.3) is 11.3 Å². The number of esters is 1. The van der Waals surface area contributed by atoms with Crippen LogP contribution in [-0.2, 0) is 20.7 Å². The van der Waals surface area contributed by atoms with Crippen LogP contribution in [0, 0.1) is 5.82 Å². The van der Waals surface area contributed by atoms with Crippen LogP contribution in [0.3, 0.4) is 0 Å². The van der Waals surface area contributed by atoms with Gasteiger partial charge in [-0.25, -0.2) is 9.18 Å². The Morgan fingerprint density at radius 1 is 1.08 bits per heavy atom. The van der Waals surface area contributed by atoms with Crippen molar-refractivity contribution in [3.63, 3.8) is 0 Å². The molecule has 4 rings (SSSR count). The molecule has 2 heterocycles. The summed E-state index contributed by atoms with van der Waals surface area (Å²) in [5.41, 5.74) is 2.07. The van der Waals surface area contributed by atoms with Crippen molar-refractivity contribution in [2.45, 2.75) is 44.3 Å². The molecule has 8 heteroatoms. The van der Waals surface area contributed by atoms with Crippen LogP contribution in [-0.4, -0.2) is 52.4 Å². The fourth-order valence-electron chi connectivity index (χ4n) is 4.68. The zero-order chi connectivity index (χ0) is 25.9. The molecule has 3 aromatic rings. The van der Waals surface area contributed by atoms with Crippen molar-refractivity contribution < 1.29 is 23.5 Å². The molecule has 2 atom stereocenters. The Labute approximate surface area is 209 Å². The molecule has 0 radical (unpaired) electrons. The van der Waals surface area contributed by atoms with E-state index in [1.165, 1.54) is 24.1 Å². The third-order valence-electron chi connectivity index (χ3n) is 6.39. The number of ether oxygens (including phenoxy) is 1. The number of hydrogen-bond acceptors (Lipinski definition) is 5. The van der Waals surface area contributed by atoms with Crippen molar-refractivity contribution >= 4 is 17.8 Å². The minimum Gasteiger partial charge on any atom is -0.467 e. The first-order valence-corrected chi connectivity index (χ1v) is 11.7. The third kappa shape index (κ3) is 5.27. The number of aromatic nitrogens is 1. The molecule has 2 aromatic carbocycles. The lowest BCUT2D eigenvalue weighted by Crippen LogP contribution is -2.54. The molecule has 0 spiro atoms. The van der Waals surface area contributed by atoms with Crippen LogP contribution in [0.15, 0.2) is 72.9 Å². The van der Waals surface area contributed by atoms with Gasteiger partial charge < -0.3 is 15.0 Å². The van der Waals surface area contributed by atoms with E-state index < -0.39 is 29.5 Å². The van der Waals surface area contributed by atoms with E-state index in [1.54, 1.807) is 42.6 Å². The fourth-order valence-corrected chi connectivity index (χ4v) is 4.68. The number of nitrogens with one attached hydrogen (secondary N) is 1. The molecule has 1 fully saturated rings. The summed E-state index contributed by atoms with van der Waals surface area (Å²) in [5, 5.41) is 2.78. The maximum absolute atomic E-state index is 13.5. The predicted molar refractivity (Wildman–Crippen MR) is 132 cm³/mol. The number of rotatable bonds is 7. The Kier molecular flexibility index (Phi) is 7.15. The molecule has 0 aliphatic carbocycles. The van der Waals surface area contributed by atoms with Gasteiger partial charge in [0.25, 0.3) is 5.91 Å². The van der Waals surface area contributed by atoms with E-state index in [2.05, 4.69) is 10.3 Å². The number of benzene rings is 2. The third-order valence-corrected chi connectivity index (χ3v) is 6.39. The molecule has 0 unspecified atom stereocenters. The number of amides is 2. The number of carbonyl (C=O) groups excluding carboxylic acids is 3. The van der Waals surface area contributed by atoms with Crippen LogP contribution < -0.4 is 5.32 Å². The molecular weight excluding hydrogens is 461 g/mol. The highest BCUT2D eigenvalue weighted by molar-refractivity contribution is 6.00. The van der Waals surface area contributed by atoms with Crippen molar-refractivity contribution in [1.82, 2.24) is 15.2 Å². The average molecular weight is 490 g/mol. The first kappa shape index (κ1) is 25.0. The van der Waals surface area contributed by atoms with Crippen molar-refractivity contribution in [3.8, 4) is 11.3 Å². The maximum Gasteiger partial charge on any atom is 0.328 e. The Morgan fingerprint density at radius 3 is 2.39 bits per heavy atom. The highest BCUT2D eigenvalue weighted by atomic mass is 19.1. The van der Waals surface area contributed by atoms with Gasteiger partial charge in [-0.05, 0) is 62.2 Å². The van der Waals surface area contributed by atoms with Gasteiger partial charge in [-0.15, -0.1) is 0 Å². The zero-order valence-corrected chi connectivity index (χ0v) is 20.4. The van der Waals surface area contributed by atoms with E-state index in [0.717, 1.165) is 16.8 Å². The Morgan fingerprint density at radius 2 is 1.78 bits per heavy atom. The number of nitrogens with zero attached hydrogens (tertiary/aromatic N) is 2. The number of methoxy groups -OCH3 is 1. The van der Waals surface area contributed by atoms with Gasteiger partial charge in [-0.3, -0.25) is 14.6 Å². The summed E-state index contributed by atoms with van der Waals surface area (Å²) < 4.78 is 18.3. The standard InChI is InChI=1S/C28H28FN3O4/c1-28(2,17-18-7-13-21(29)14-8-18)32-24(27(35)36-3)16-23(26(32)34)31-25(33)20-11-9-19(10-12-20)22-6-4-5-15-30-22/h4-15,23-24H,16-17H2,1-3H3,(H,31,33)/t23-,24-/m0/s1. The molecule has 1 saturated heterocycles. The van der Waals surface area contributed by atoms with Crippen LogP contribution in [0.5, 0.6) is 0 Å². The number of hydrogen-bond donors (Lipinski definition) is 1. The highest BCUT2D eigenvalue weighted by Gasteiger charge is 2.50. The van der Waals surface area contributed by atoms with E-state index in [4.69, 9.17) is 4.74 Å². The predicted octanol–water partition coefficient (Wildman–Crippen LogP) is 3.78. The minimum atomic E-state index is -0.885. The molecule has 1 N–H and O–H groups in total. The Hall–Kier alpha value is -4.07. The molecule has 0 saturated carbocycles. The second-order valence-corrected chi connectivity index (χ2v) is 9.42. The maximum atomic E-state index is 13.5. The summed E-state index contributed by atoms with van der Waals surface area (Å²) in [4.78, 5) is 44.8. The van der Waals surface area contributed by atoms with Gasteiger partial charge in [0.2, 0.25) is 5.91 Å². The topological polar surface area (TPSA) is 88.6 Å². The van der Waals surface area contributed by atoms with Gasteiger partial charge in [0.05, 0.1) is 12.8 Å².